The summed E-state index contributed by atoms with van der Waals surface area (Å²) in [6.45, 7) is 4.39. The Morgan fingerprint density at radius 3 is 2.53 bits per heavy atom. The van der Waals surface area contributed by atoms with E-state index in [4.69, 9.17) is 5.73 Å². The normalized spacial score (nSPS) is 26.9. The fourth-order valence-electron chi connectivity index (χ4n) is 2.87. The van der Waals surface area contributed by atoms with Gasteiger partial charge in [0.25, 0.3) is 0 Å². The zero-order valence-corrected chi connectivity index (χ0v) is 12.6. The lowest BCUT2D eigenvalue weighted by Crippen LogP contribution is -2.26. The minimum absolute atomic E-state index is 0.0905. The molecule has 1 fully saturated rings. The molecule has 1 aromatic rings. The second-order valence-corrected chi connectivity index (χ2v) is 7.31. The van der Waals surface area contributed by atoms with E-state index in [0.29, 0.717) is 5.25 Å². The van der Waals surface area contributed by atoms with Gasteiger partial charge in [0.05, 0.1) is 0 Å². The van der Waals surface area contributed by atoms with Crippen molar-refractivity contribution in [1.29, 1.82) is 0 Å². The topological polar surface area (TPSA) is 26.0 Å². The first-order chi connectivity index (χ1) is 9.06. The zero-order valence-electron chi connectivity index (χ0n) is 11.8. The number of benzene rings is 1. The fraction of sp³-hybridized carbons (Fsp3) is 0.625. The molecule has 2 N–H and O–H groups in total. The largest absolute Gasteiger partial charge is 0.327 e. The summed E-state index contributed by atoms with van der Waals surface area (Å²) in [5.41, 5.74) is 7.30. The Hall–Kier alpha value is -0.540. The van der Waals surface area contributed by atoms with Gasteiger partial charge in [0.1, 0.15) is 5.82 Å². The summed E-state index contributed by atoms with van der Waals surface area (Å²) in [5.74, 6) is 0.650. The maximum atomic E-state index is 13.0. The van der Waals surface area contributed by atoms with E-state index in [1.165, 1.54) is 37.8 Å². The summed E-state index contributed by atoms with van der Waals surface area (Å²) in [5, 5.41) is 0.973. The van der Waals surface area contributed by atoms with Crippen molar-refractivity contribution in [3.05, 3.63) is 35.6 Å². The monoisotopic (exact) mass is 281 g/mol. The van der Waals surface area contributed by atoms with Crippen LogP contribution < -0.4 is 5.73 Å². The third-order valence-electron chi connectivity index (χ3n) is 3.90. The van der Waals surface area contributed by atoms with Crippen molar-refractivity contribution in [3.63, 3.8) is 0 Å². The highest BCUT2D eigenvalue weighted by molar-refractivity contribution is 8.00. The molecule has 0 aromatic heterocycles. The van der Waals surface area contributed by atoms with E-state index in [9.17, 15) is 4.39 Å². The van der Waals surface area contributed by atoms with Crippen molar-refractivity contribution in [2.45, 2.75) is 56.1 Å². The van der Waals surface area contributed by atoms with E-state index in [2.05, 4.69) is 6.92 Å². The Labute approximate surface area is 120 Å². The van der Waals surface area contributed by atoms with E-state index in [0.717, 1.165) is 11.5 Å². The van der Waals surface area contributed by atoms with Crippen LogP contribution in [0.4, 0.5) is 4.39 Å². The number of hydrogen-bond donors (Lipinski definition) is 1. The molecule has 0 spiro atoms. The van der Waals surface area contributed by atoms with Gasteiger partial charge in [-0.15, -0.1) is 11.8 Å². The van der Waals surface area contributed by atoms with Crippen molar-refractivity contribution in [3.8, 4) is 0 Å². The highest BCUT2D eigenvalue weighted by atomic mass is 32.2. The predicted octanol–water partition coefficient (Wildman–Crippen LogP) is 4.53. The Balaban J connectivity index is 2.05. The lowest BCUT2D eigenvalue weighted by atomic mass is 9.90. The van der Waals surface area contributed by atoms with Gasteiger partial charge in [-0.2, -0.15) is 0 Å². The molecule has 4 atom stereocenters. The van der Waals surface area contributed by atoms with Gasteiger partial charge in [-0.3, -0.25) is 0 Å². The molecule has 0 heterocycles. The molecule has 0 aliphatic heterocycles. The summed E-state index contributed by atoms with van der Waals surface area (Å²) >= 11 is 1.99. The smallest absolute Gasteiger partial charge is 0.123 e. The molecule has 2 rings (SSSR count). The second-order valence-electron chi connectivity index (χ2n) is 5.86. The summed E-state index contributed by atoms with van der Waals surface area (Å²) in [7, 11) is 0. The minimum Gasteiger partial charge on any atom is -0.327 e. The minimum atomic E-state index is -0.177. The van der Waals surface area contributed by atoms with Gasteiger partial charge in [-0.05, 0) is 43.4 Å². The van der Waals surface area contributed by atoms with Gasteiger partial charge in [0.2, 0.25) is 0 Å². The molecule has 1 nitrogen and oxygen atoms in total. The van der Waals surface area contributed by atoms with Crippen LogP contribution in [0.1, 0.15) is 50.3 Å². The summed E-state index contributed by atoms with van der Waals surface area (Å²) < 4.78 is 13.0. The lowest BCUT2D eigenvalue weighted by molar-refractivity contribution is 0.393. The van der Waals surface area contributed by atoms with Gasteiger partial charge in [-0.25, -0.2) is 4.39 Å². The third kappa shape index (κ3) is 4.22. The first-order valence-corrected chi connectivity index (χ1v) is 8.17. The number of hydrogen-bond acceptors (Lipinski definition) is 2. The Bertz CT molecular complexity index is 390. The van der Waals surface area contributed by atoms with Crippen molar-refractivity contribution in [1.82, 2.24) is 0 Å². The van der Waals surface area contributed by atoms with Crippen molar-refractivity contribution < 1.29 is 4.39 Å². The van der Waals surface area contributed by atoms with Crippen LogP contribution in [-0.4, -0.2) is 11.3 Å². The van der Waals surface area contributed by atoms with Crippen molar-refractivity contribution >= 4 is 11.8 Å². The van der Waals surface area contributed by atoms with Crippen LogP contribution in [0.5, 0.6) is 0 Å². The quantitative estimate of drug-likeness (QED) is 0.877. The number of halogens is 1. The van der Waals surface area contributed by atoms with Crippen LogP contribution in [-0.2, 0) is 0 Å². The zero-order chi connectivity index (χ0) is 13.8. The summed E-state index contributed by atoms with van der Waals surface area (Å²) in [4.78, 5) is 0. The van der Waals surface area contributed by atoms with Crippen LogP contribution in [0.25, 0.3) is 0 Å². The standard InChI is InChI=1S/C16H24FNS/c1-11-4-3-5-15(10-11)19-16(12(2)18)13-6-8-14(17)9-7-13/h6-9,11-12,15-16H,3-5,10,18H2,1-2H3. The Morgan fingerprint density at radius 1 is 1.26 bits per heavy atom. The molecule has 1 saturated carbocycles. The molecule has 3 heteroatoms. The first-order valence-electron chi connectivity index (χ1n) is 7.22. The van der Waals surface area contributed by atoms with Crippen LogP contribution in [0.15, 0.2) is 24.3 Å². The van der Waals surface area contributed by atoms with E-state index >= 15 is 0 Å². The molecule has 0 saturated heterocycles. The van der Waals surface area contributed by atoms with E-state index in [-0.39, 0.29) is 17.1 Å². The maximum absolute atomic E-state index is 13.0. The molecule has 19 heavy (non-hydrogen) atoms. The van der Waals surface area contributed by atoms with Crippen molar-refractivity contribution in [2.75, 3.05) is 0 Å². The highest BCUT2D eigenvalue weighted by Gasteiger charge is 2.25. The molecule has 0 amide bonds. The van der Waals surface area contributed by atoms with E-state index in [1.807, 2.05) is 30.8 Å². The van der Waals surface area contributed by atoms with E-state index < -0.39 is 0 Å². The number of nitrogens with two attached hydrogens (primary N) is 1. The molecule has 106 valence electrons. The van der Waals surface area contributed by atoms with Crippen LogP contribution >= 0.6 is 11.8 Å². The summed E-state index contributed by atoms with van der Waals surface area (Å²) in [6.07, 6.45) is 5.26. The first kappa shape index (κ1) is 14.9. The molecule has 1 aliphatic carbocycles. The average Bonchev–Trinajstić information content (AvgIpc) is 2.37. The SMILES string of the molecule is CC1CCCC(SC(c2ccc(F)cc2)C(C)N)C1. The lowest BCUT2D eigenvalue weighted by Gasteiger charge is -2.31. The fourth-order valence-corrected chi connectivity index (χ4v) is 4.59. The molecule has 4 unspecified atom stereocenters. The molecule has 1 aliphatic rings. The predicted molar refractivity (Wildman–Crippen MR) is 81.8 cm³/mol. The van der Waals surface area contributed by atoms with Crippen LogP contribution in [0.3, 0.4) is 0 Å². The van der Waals surface area contributed by atoms with Gasteiger partial charge in [0, 0.05) is 16.5 Å². The van der Waals surface area contributed by atoms with Gasteiger partial charge < -0.3 is 5.73 Å². The molecule has 0 bridgehead atoms. The van der Waals surface area contributed by atoms with Crippen LogP contribution in [0, 0.1) is 11.7 Å². The molecule has 1 aromatic carbocycles. The number of rotatable bonds is 4. The summed E-state index contributed by atoms with van der Waals surface area (Å²) in [6, 6.07) is 6.92. The average molecular weight is 281 g/mol. The van der Waals surface area contributed by atoms with Crippen LogP contribution in [0.2, 0.25) is 0 Å². The molecule has 0 radical (unpaired) electrons. The van der Waals surface area contributed by atoms with E-state index in [1.54, 1.807) is 0 Å². The maximum Gasteiger partial charge on any atom is 0.123 e. The van der Waals surface area contributed by atoms with Gasteiger partial charge in [0.15, 0.2) is 0 Å². The highest BCUT2D eigenvalue weighted by Crippen LogP contribution is 2.41. The Kier molecular flexibility index (Phi) is 5.28. The van der Waals surface area contributed by atoms with Crippen molar-refractivity contribution in [2.24, 2.45) is 11.7 Å². The number of thioether (sulfide) groups is 1. The molecular formula is C16H24FNS. The molecular weight excluding hydrogens is 257 g/mol. The van der Waals surface area contributed by atoms with Gasteiger partial charge >= 0.3 is 0 Å². The Morgan fingerprint density at radius 2 is 1.95 bits per heavy atom. The second kappa shape index (κ2) is 6.76. The third-order valence-corrected chi connectivity index (χ3v) is 5.71. The van der Waals surface area contributed by atoms with Gasteiger partial charge in [-0.1, -0.05) is 31.9 Å².